The maximum atomic E-state index is 14.7. The van der Waals surface area contributed by atoms with Crippen LogP contribution >= 0.6 is 11.6 Å². The van der Waals surface area contributed by atoms with Gasteiger partial charge < -0.3 is 28.9 Å². The van der Waals surface area contributed by atoms with Crippen LogP contribution in [0.3, 0.4) is 0 Å². The van der Waals surface area contributed by atoms with Crippen molar-refractivity contribution < 1.29 is 37.0 Å². The average molecular weight is 772 g/mol. The molecule has 2 aromatic carbocycles. The lowest BCUT2D eigenvalue weighted by molar-refractivity contribution is -0.00277. The van der Waals surface area contributed by atoms with Gasteiger partial charge in [0.25, 0.3) is 5.92 Å². The summed E-state index contributed by atoms with van der Waals surface area (Å²) in [6.07, 6.45) is -1.51. The number of aromatic nitrogens is 2. The van der Waals surface area contributed by atoms with Gasteiger partial charge >= 0.3 is 18.2 Å². The van der Waals surface area contributed by atoms with Crippen molar-refractivity contribution in [2.45, 2.75) is 90.1 Å². The minimum absolute atomic E-state index is 0.0120. The van der Waals surface area contributed by atoms with Gasteiger partial charge in [-0.2, -0.15) is 9.97 Å². The number of benzene rings is 2. The van der Waals surface area contributed by atoms with Crippen LogP contribution in [0.1, 0.15) is 59.2 Å². The van der Waals surface area contributed by atoms with Crippen molar-refractivity contribution in [3.8, 4) is 6.01 Å². The Bertz CT molecular complexity index is 1960. The average Bonchev–Trinajstić information content (AvgIpc) is 3.41. The van der Waals surface area contributed by atoms with Crippen LogP contribution in [0.2, 0.25) is 5.02 Å². The number of hydrogen-bond acceptors (Lipinski definition) is 9. The standard InChI is InChI=1S/C38H45ClF3N7O5/c1-36(2,3)53-34(50)48-16-15-47(19-25(48)18-43-7)32-26-13-14-46(29-10-8-9-23-11-12-27(40)31(39)30(23)29)20-28(26)44-33(45-32)52-21-24-17-38(41,42)22-49(24)35(51)54-37(4,5)6/h8-12,24-25H,13-22H2,1-6H3/t24-,25-/m0/s1. The van der Waals surface area contributed by atoms with E-state index < -0.39 is 60.2 Å². The highest BCUT2D eigenvalue weighted by Crippen LogP contribution is 2.39. The van der Waals surface area contributed by atoms with Crippen molar-refractivity contribution in [3.05, 3.63) is 63.8 Å². The molecule has 16 heteroatoms. The minimum Gasteiger partial charge on any atom is -0.461 e. The Morgan fingerprint density at radius 3 is 2.35 bits per heavy atom. The summed E-state index contributed by atoms with van der Waals surface area (Å²) >= 11 is 6.50. The number of rotatable bonds is 6. The predicted octanol–water partition coefficient (Wildman–Crippen LogP) is 7.35. The van der Waals surface area contributed by atoms with Crippen molar-refractivity contribution in [2.75, 3.05) is 55.7 Å². The molecule has 3 aromatic rings. The van der Waals surface area contributed by atoms with E-state index in [1.165, 1.54) is 6.07 Å². The third-order valence-electron chi connectivity index (χ3n) is 9.40. The van der Waals surface area contributed by atoms with E-state index in [-0.39, 0.29) is 43.8 Å². The molecule has 6 rings (SSSR count). The highest BCUT2D eigenvalue weighted by molar-refractivity contribution is 6.36. The van der Waals surface area contributed by atoms with Crippen molar-refractivity contribution in [3.63, 3.8) is 0 Å². The summed E-state index contributed by atoms with van der Waals surface area (Å²) in [5, 5.41) is 1.35. The Morgan fingerprint density at radius 2 is 1.67 bits per heavy atom. The van der Waals surface area contributed by atoms with Gasteiger partial charge in [-0.1, -0.05) is 29.8 Å². The van der Waals surface area contributed by atoms with Gasteiger partial charge in [0, 0.05) is 49.2 Å². The van der Waals surface area contributed by atoms with Gasteiger partial charge in [0.05, 0.1) is 29.8 Å². The van der Waals surface area contributed by atoms with E-state index in [1.807, 2.05) is 28.0 Å². The molecule has 2 saturated heterocycles. The number of fused-ring (bicyclic) bond motifs is 2. The Hall–Kier alpha value is -4.71. The number of carbonyl (C=O) groups is 2. The van der Waals surface area contributed by atoms with Gasteiger partial charge in [0.15, 0.2) is 0 Å². The number of likely N-dealkylation sites (tertiary alicyclic amines) is 1. The maximum absolute atomic E-state index is 14.7. The van der Waals surface area contributed by atoms with Crippen LogP contribution in [-0.2, 0) is 22.4 Å². The predicted molar refractivity (Wildman–Crippen MR) is 198 cm³/mol. The number of piperazine rings is 1. The zero-order chi connectivity index (χ0) is 39.2. The number of carbonyl (C=O) groups excluding carboxylic acids is 2. The molecule has 54 heavy (non-hydrogen) atoms. The second kappa shape index (κ2) is 14.8. The third-order valence-corrected chi connectivity index (χ3v) is 9.77. The van der Waals surface area contributed by atoms with Crippen LogP contribution in [0.25, 0.3) is 15.6 Å². The summed E-state index contributed by atoms with van der Waals surface area (Å²) in [5.41, 5.74) is 0.536. The molecule has 0 bridgehead atoms. The fourth-order valence-corrected chi connectivity index (χ4v) is 7.37. The first-order valence-electron chi connectivity index (χ1n) is 17.9. The molecule has 2 amide bonds. The molecule has 12 nitrogen and oxygen atoms in total. The molecule has 0 saturated carbocycles. The van der Waals surface area contributed by atoms with E-state index in [1.54, 1.807) is 52.5 Å². The van der Waals surface area contributed by atoms with E-state index in [9.17, 15) is 22.8 Å². The quantitative estimate of drug-likeness (QED) is 0.238. The van der Waals surface area contributed by atoms with Gasteiger partial charge in [-0.05, 0) is 65.5 Å². The van der Waals surface area contributed by atoms with Gasteiger partial charge in [0.2, 0.25) is 6.54 Å². The van der Waals surface area contributed by atoms with Gasteiger partial charge in [-0.15, -0.1) is 0 Å². The van der Waals surface area contributed by atoms with E-state index in [0.29, 0.717) is 36.4 Å². The minimum atomic E-state index is -3.14. The normalized spacial score (nSPS) is 20.1. The third kappa shape index (κ3) is 8.64. The summed E-state index contributed by atoms with van der Waals surface area (Å²) in [4.78, 5) is 45.9. The molecule has 4 heterocycles. The maximum Gasteiger partial charge on any atom is 0.410 e. The number of amides is 2. The Balaban J connectivity index is 1.33. The van der Waals surface area contributed by atoms with Crippen molar-refractivity contribution in [2.24, 2.45) is 0 Å². The molecule has 2 atom stereocenters. The molecule has 290 valence electrons. The zero-order valence-corrected chi connectivity index (χ0v) is 32.1. The fraction of sp³-hybridized carbons (Fsp3) is 0.553. The molecular weight excluding hydrogens is 727 g/mol. The fourth-order valence-electron chi connectivity index (χ4n) is 7.10. The number of alkyl halides is 2. The first-order chi connectivity index (χ1) is 25.3. The van der Waals surface area contributed by atoms with Crippen LogP contribution in [0, 0.1) is 12.4 Å². The van der Waals surface area contributed by atoms with Crippen molar-refractivity contribution in [1.29, 1.82) is 0 Å². The lowest BCUT2D eigenvalue weighted by Crippen LogP contribution is -2.57. The summed E-state index contributed by atoms with van der Waals surface area (Å²) in [6.45, 7) is 18.5. The number of anilines is 2. The van der Waals surface area contributed by atoms with Crippen LogP contribution in [0.5, 0.6) is 6.01 Å². The monoisotopic (exact) mass is 771 g/mol. The molecular formula is C38H45ClF3N7O5. The number of hydrogen-bond donors (Lipinski definition) is 0. The van der Waals surface area contributed by atoms with Crippen LogP contribution in [0.4, 0.5) is 34.3 Å². The number of halogens is 4. The van der Waals surface area contributed by atoms with Gasteiger partial charge in [-0.25, -0.2) is 29.3 Å². The SMILES string of the molecule is [C-]#[N+]C[C@H]1CN(c2nc(OC[C@@H]3CC(F)(F)CN3C(=O)OC(C)(C)C)nc3c2CCN(c2cccc4ccc(F)c(Cl)c24)C3)CCN1C(=O)OC(C)(C)C. The Kier molecular flexibility index (Phi) is 10.7. The molecule has 3 aliphatic rings. The molecule has 0 aliphatic carbocycles. The number of ether oxygens (including phenoxy) is 3. The Morgan fingerprint density at radius 1 is 0.963 bits per heavy atom. The molecule has 3 aliphatic heterocycles. The second-order valence-corrected chi connectivity index (χ2v) is 16.3. The summed E-state index contributed by atoms with van der Waals surface area (Å²) in [5.74, 6) is -3.14. The highest BCUT2D eigenvalue weighted by Gasteiger charge is 2.49. The van der Waals surface area contributed by atoms with E-state index in [0.717, 1.165) is 21.5 Å². The van der Waals surface area contributed by atoms with E-state index >= 15 is 0 Å². The van der Waals surface area contributed by atoms with E-state index in [4.69, 9.17) is 42.4 Å². The summed E-state index contributed by atoms with van der Waals surface area (Å²) in [7, 11) is 0. The zero-order valence-electron chi connectivity index (χ0n) is 31.3. The molecule has 2 fully saturated rings. The molecule has 0 unspecified atom stereocenters. The van der Waals surface area contributed by atoms with Crippen LogP contribution in [0.15, 0.2) is 30.3 Å². The molecule has 0 spiro atoms. The molecule has 0 radical (unpaired) electrons. The second-order valence-electron chi connectivity index (χ2n) is 15.9. The Labute approximate surface area is 317 Å². The first-order valence-corrected chi connectivity index (χ1v) is 18.3. The van der Waals surface area contributed by atoms with Crippen molar-refractivity contribution >= 4 is 46.1 Å². The first kappa shape index (κ1) is 39.0. The van der Waals surface area contributed by atoms with Crippen LogP contribution in [-0.4, -0.2) is 107 Å². The van der Waals surface area contributed by atoms with Crippen LogP contribution < -0.4 is 14.5 Å². The topological polar surface area (TPSA) is 105 Å². The van der Waals surface area contributed by atoms with Crippen molar-refractivity contribution in [1.82, 2.24) is 19.8 Å². The van der Waals surface area contributed by atoms with E-state index in [2.05, 4.69) is 4.85 Å². The lowest BCUT2D eigenvalue weighted by atomic mass is 10.0. The van der Waals surface area contributed by atoms with Gasteiger partial charge in [-0.3, -0.25) is 9.80 Å². The smallest absolute Gasteiger partial charge is 0.410 e. The molecule has 1 aromatic heterocycles. The number of nitrogens with zero attached hydrogens (tertiary/aromatic N) is 7. The lowest BCUT2D eigenvalue weighted by Gasteiger charge is -2.41. The summed E-state index contributed by atoms with van der Waals surface area (Å²) < 4.78 is 61.2. The largest absolute Gasteiger partial charge is 0.461 e. The summed E-state index contributed by atoms with van der Waals surface area (Å²) in [6, 6.07) is 7.01. The highest BCUT2D eigenvalue weighted by atomic mass is 35.5. The van der Waals surface area contributed by atoms with Gasteiger partial charge in [0.1, 0.15) is 35.5 Å². The molecule has 0 N–H and O–H groups in total.